The molecule has 1 aromatic heterocycles. The second kappa shape index (κ2) is 8.41. The van der Waals surface area contributed by atoms with Crippen LogP contribution in [0.5, 0.6) is 0 Å². The lowest BCUT2D eigenvalue weighted by atomic mass is 10.2. The summed E-state index contributed by atoms with van der Waals surface area (Å²) in [5, 5.41) is 0.915. The first-order chi connectivity index (χ1) is 12.6. The molecule has 4 nitrogen and oxygen atoms in total. The average Bonchev–Trinajstić information content (AvgIpc) is 2.99. The Morgan fingerprint density at radius 2 is 1.81 bits per heavy atom. The van der Waals surface area contributed by atoms with E-state index < -0.39 is 0 Å². The van der Waals surface area contributed by atoms with Crippen LogP contribution in [-0.2, 0) is 11.3 Å². The number of aryl methyl sites for hydroxylation is 1. The summed E-state index contributed by atoms with van der Waals surface area (Å²) in [4.78, 5) is 19.5. The first-order valence-corrected chi connectivity index (χ1v) is 10.1. The molecule has 0 saturated heterocycles. The number of hydrogen-bond acceptors (Lipinski definition) is 3. The van der Waals surface area contributed by atoms with Crippen LogP contribution >= 0.6 is 11.8 Å². The van der Waals surface area contributed by atoms with Gasteiger partial charge in [-0.1, -0.05) is 49.0 Å². The molecular weight excluding hydrogens is 342 g/mol. The number of nitrogens with zero attached hydrogens (tertiary/aromatic N) is 3. The van der Waals surface area contributed by atoms with Gasteiger partial charge in [0.25, 0.3) is 0 Å². The van der Waals surface area contributed by atoms with E-state index in [0.29, 0.717) is 5.75 Å². The number of anilines is 1. The number of carbonyl (C=O) groups is 1. The highest BCUT2D eigenvalue weighted by Crippen LogP contribution is 2.26. The van der Waals surface area contributed by atoms with E-state index >= 15 is 0 Å². The fourth-order valence-electron chi connectivity index (χ4n) is 3.12. The third-order valence-electron chi connectivity index (χ3n) is 4.21. The second-order valence-corrected chi connectivity index (χ2v) is 7.46. The van der Waals surface area contributed by atoms with Crippen molar-refractivity contribution in [3.63, 3.8) is 0 Å². The van der Waals surface area contributed by atoms with Crippen LogP contribution in [0.1, 0.15) is 27.2 Å². The summed E-state index contributed by atoms with van der Waals surface area (Å²) in [6.45, 7) is 7.15. The molecule has 0 N–H and O–H groups in total. The Balaban J connectivity index is 1.80. The molecule has 0 aliphatic rings. The molecule has 136 valence electrons. The van der Waals surface area contributed by atoms with Crippen LogP contribution in [0, 0.1) is 0 Å². The minimum Gasteiger partial charge on any atom is -0.319 e. The van der Waals surface area contributed by atoms with E-state index in [-0.39, 0.29) is 11.9 Å². The molecule has 0 atom stereocenters. The van der Waals surface area contributed by atoms with E-state index in [4.69, 9.17) is 4.98 Å². The number of aromatic nitrogens is 2. The lowest BCUT2D eigenvalue weighted by molar-refractivity contribution is -0.116. The SMILES string of the molecule is CCCn1c(SCC(=O)N(c2ccccc2)C(C)C)nc2ccccc21. The van der Waals surface area contributed by atoms with Gasteiger partial charge in [0.1, 0.15) is 0 Å². The van der Waals surface area contributed by atoms with Gasteiger partial charge in [-0.15, -0.1) is 0 Å². The minimum absolute atomic E-state index is 0.103. The quantitative estimate of drug-likeness (QED) is 0.553. The minimum atomic E-state index is 0.103. The predicted octanol–water partition coefficient (Wildman–Crippen LogP) is 4.98. The number of carbonyl (C=O) groups excluding carboxylic acids is 1. The molecule has 5 heteroatoms. The van der Waals surface area contributed by atoms with Gasteiger partial charge in [0, 0.05) is 18.3 Å². The van der Waals surface area contributed by atoms with Crippen LogP contribution in [0.2, 0.25) is 0 Å². The van der Waals surface area contributed by atoms with Crippen LogP contribution in [0.25, 0.3) is 11.0 Å². The monoisotopic (exact) mass is 367 g/mol. The molecular formula is C21H25N3OS. The zero-order chi connectivity index (χ0) is 18.5. The Kier molecular flexibility index (Phi) is 5.99. The summed E-state index contributed by atoms with van der Waals surface area (Å²) in [7, 11) is 0. The number of rotatable bonds is 7. The summed E-state index contributed by atoms with van der Waals surface area (Å²) >= 11 is 1.52. The number of benzene rings is 2. The van der Waals surface area contributed by atoms with Crippen molar-refractivity contribution in [2.45, 2.75) is 44.9 Å². The van der Waals surface area contributed by atoms with Crippen molar-refractivity contribution in [3.8, 4) is 0 Å². The van der Waals surface area contributed by atoms with Crippen molar-refractivity contribution in [2.75, 3.05) is 10.7 Å². The van der Waals surface area contributed by atoms with Crippen LogP contribution in [-0.4, -0.2) is 27.3 Å². The van der Waals surface area contributed by atoms with Crippen molar-refractivity contribution in [3.05, 3.63) is 54.6 Å². The fourth-order valence-corrected chi connectivity index (χ4v) is 4.02. The fraction of sp³-hybridized carbons (Fsp3) is 0.333. The number of para-hydroxylation sites is 3. The maximum absolute atomic E-state index is 12.9. The maximum Gasteiger partial charge on any atom is 0.237 e. The van der Waals surface area contributed by atoms with E-state index in [1.165, 1.54) is 11.8 Å². The highest BCUT2D eigenvalue weighted by atomic mass is 32.2. The normalized spacial score (nSPS) is 11.2. The molecule has 2 aromatic carbocycles. The highest BCUT2D eigenvalue weighted by molar-refractivity contribution is 7.99. The lowest BCUT2D eigenvalue weighted by Gasteiger charge is -2.26. The topological polar surface area (TPSA) is 38.1 Å². The zero-order valence-corrected chi connectivity index (χ0v) is 16.4. The van der Waals surface area contributed by atoms with Gasteiger partial charge in [0.15, 0.2) is 5.16 Å². The van der Waals surface area contributed by atoms with Crippen molar-refractivity contribution >= 4 is 34.4 Å². The molecule has 0 aliphatic heterocycles. The average molecular weight is 368 g/mol. The molecule has 0 bridgehead atoms. The van der Waals surface area contributed by atoms with Crippen LogP contribution in [0.3, 0.4) is 0 Å². The van der Waals surface area contributed by atoms with E-state index in [1.807, 2.05) is 67.3 Å². The lowest BCUT2D eigenvalue weighted by Crippen LogP contribution is -2.38. The largest absolute Gasteiger partial charge is 0.319 e. The van der Waals surface area contributed by atoms with Crippen molar-refractivity contribution < 1.29 is 4.79 Å². The second-order valence-electron chi connectivity index (χ2n) is 6.52. The van der Waals surface area contributed by atoms with Gasteiger partial charge in [-0.05, 0) is 44.5 Å². The van der Waals surface area contributed by atoms with Crippen molar-refractivity contribution in [2.24, 2.45) is 0 Å². The summed E-state index contributed by atoms with van der Waals surface area (Å²) < 4.78 is 2.22. The summed E-state index contributed by atoms with van der Waals surface area (Å²) in [5.41, 5.74) is 3.06. The molecule has 0 spiro atoms. The van der Waals surface area contributed by atoms with Gasteiger partial charge >= 0.3 is 0 Å². The van der Waals surface area contributed by atoms with E-state index in [9.17, 15) is 4.79 Å². The molecule has 0 aliphatic carbocycles. The van der Waals surface area contributed by atoms with Crippen LogP contribution < -0.4 is 4.90 Å². The van der Waals surface area contributed by atoms with Gasteiger partial charge in [-0.2, -0.15) is 0 Å². The smallest absolute Gasteiger partial charge is 0.237 e. The summed E-state index contributed by atoms with van der Waals surface area (Å²) in [5.74, 6) is 0.478. The van der Waals surface area contributed by atoms with Crippen LogP contribution in [0.4, 0.5) is 5.69 Å². The number of fused-ring (bicyclic) bond motifs is 1. The molecule has 3 rings (SSSR count). The van der Waals surface area contributed by atoms with Gasteiger partial charge in [0.05, 0.1) is 16.8 Å². The highest BCUT2D eigenvalue weighted by Gasteiger charge is 2.20. The van der Waals surface area contributed by atoms with Gasteiger partial charge in [0.2, 0.25) is 5.91 Å². The molecule has 0 saturated carbocycles. The van der Waals surface area contributed by atoms with E-state index in [2.05, 4.69) is 17.6 Å². The molecule has 0 unspecified atom stereocenters. The molecule has 1 heterocycles. The first-order valence-electron chi connectivity index (χ1n) is 9.07. The summed E-state index contributed by atoms with van der Waals surface area (Å²) in [6, 6.07) is 18.1. The zero-order valence-electron chi connectivity index (χ0n) is 15.6. The number of imidazole rings is 1. The third-order valence-corrected chi connectivity index (χ3v) is 5.17. The third kappa shape index (κ3) is 3.93. The Labute approximate surface area is 159 Å². The van der Waals surface area contributed by atoms with Crippen LogP contribution in [0.15, 0.2) is 59.8 Å². The summed E-state index contributed by atoms with van der Waals surface area (Å²) in [6.07, 6.45) is 1.03. The Morgan fingerprint density at radius 1 is 1.12 bits per heavy atom. The Bertz CT molecular complexity index is 873. The first kappa shape index (κ1) is 18.5. The van der Waals surface area contributed by atoms with E-state index in [1.54, 1.807) is 0 Å². The molecule has 1 amide bonds. The molecule has 0 fully saturated rings. The molecule has 26 heavy (non-hydrogen) atoms. The maximum atomic E-state index is 12.9. The Hall–Kier alpha value is -2.27. The van der Waals surface area contributed by atoms with Gasteiger partial charge in [-0.25, -0.2) is 4.98 Å². The Morgan fingerprint density at radius 3 is 2.50 bits per heavy atom. The molecule has 0 radical (unpaired) electrons. The number of hydrogen-bond donors (Lipinski definition) is 0. The van der Waals surface area contributed by atoms with Gasteiger partial charge < -0.3 is 9.47 Å². The number of amides is 1. The standard InChI is InChI=1S/C21H25N3OS/c1-4-14-23-19-13-9-8-12-18(19)22-21(23)26-15-20(25)24(16(2)3)17-10-6-5-7-11-17/h5-13,16H,4,14-15H2,1-3H3. The van der Waals surface area contributed by atoms with Crippen molar-refractivity contribution in [1.82, 2.24) is 9.55 Å². The van der Waals surface area contributed by atoms with Crippen molar-refractivity contribution in [1.29, 1.82) is 0 Å². The number of thioether (sulfide) groups is 1. The van der Waals surface area contributed by atoms with E-state index in [0.717, 1.165) is 34.8 Å². The molecule has 3 aromatic rings. The van der Waals surface area contributed by atoms with Gasteiger partial charge in [-0.3, -0.25) is 4.79 Å². The predicted molar refractivity (Wildman–Crippen MR) is 110 cm³/mol.